The average Bonchev–Trinajstić information content (AvgIpc) is 0.966. The van der Waals surface area contributed by atoms with Gasteiger partial charge in [-0.25, -0.2) is 9.13 Å². The van der Waals surface area contributed by atoms with E-state index in [4.69, 9.17) is 37.0 Å². The number of carbonyl (C=O) groups is 4. The molecule has 0 aromatic heterocycles. The molecule has 0 fully saturated rings. The summed E-state index contributed by atoms with van der Waals surface area (Å²) < 4.78 is 68.6. The Balaban J connectivity index is 5.21. The highest BCUT2D eigenvalue weighted by molar-refractivity contribution is 7.47. The van der Waals surface area contributed by atoms with Crippen molar-refractivity contribution in [2.75, 3.05) is 39.6 Å². The van der Waals surface area contributed by atoms with Crippen molar-refractivity contribution in [3.8, 4) is 0 Å². The van der Waals surface area contributed by atoms with Crippen LogP contribution in [0.3, 0.4) is 0 Å². The third kappa shape index (κ3) is 71.5. The molecule has 588 valence electrons. The molecule has 17 nitrogen and oxygen atoms in total. The van der Waals surface area contributed by atoms with Crippen LogP contribution in [0.25, 0.3) is 0 Å². The summed E-state index contributed by atoms with van der Waals surface area (Å²) in [6.45, 7) is 12.0. The van der Waals surface area contributed by atoms with Crippen LogP contribution < -0.4 is 0 Å². The SMILES string of the molecule is CCCCCCCCCCCCC(=O)OC[C@H](COP(=O)(O)OC[C@H](O)COP(=O)(O)OC[C@@H](COC(=O)CCCCCCCCCCCCC(C)CC)OC(=O)CCCCCCCCCCCCCCCCCCCCC(C)CC)OC(=O)CCCCCCCCCCCCC(C)C. The Morgan fingerprint density at radius 1 is 0.293 bits per heavy atom. The van der Waals surface area contributed by atoms with Gasteiger partial charge in [0.15, 0.2) is 12.2 Å². The molecular formula is C80H156O17P2. The van der Waals surface area contributed by atoms with Crippen molar-refractivity contribution in [1.82, 2.24) is 0 Å². The number of unbranched alkanes of at least 4 members (excludes halogenated alkanes) is 44. The molecule has 99 heavy (non-hydrogen) atoms. The Kier molecular flexibility index (Phi) is 69.0. The summed E-state index contributed by atoms with van der Waals surface area (Å²) in [4.78, 5) is 72.9. The van der Waals surface area contributed by atoms with Crippen LogP contribution in [-0.4, -0.2) is 96.7 Å². The second kappa shape index (κ2) is 70.4. The molecule has 0 saturated heterocycles. The number of phosphoric acid groups is 2. The number of hydrogen-bond donors (Lipinski definition) is 3. The molecule has 0 amide bonds. The Morgan fingerprint density at radius 2 is 0.515 bits per heavy atom. The molecule has 0 rings (SSSR count). The molecule has 0 bridgehead atoms. The molecule has 19 heteroatoms. The summed E-state index contributed by atoms with van der Waals surface area (Å²) in [7, 11) is -9.92. The smallest absolute Gasteiger partial charge is 0.462 e. The molecule has 7 atom stereocenters. The molecule has 0 radical (unpaired) electrons. The maximum Gasteiger partial charge on any atom is 0.472 e. The molecule has 0 aliphatic carbocycles. The van der Waals surface area contributed by atoms with E-state index in [1.165, 1.54) is 225 Å². The predicted molar refractivity (Wildman–Crippen MR) is 405 cm³/mol. The van der Waals surface area contributed by atoms with Crippen molar-refractivity contribution in [1.29, 1.82) is 0 Å². The first-order valence-corrected chi connectivity index (χ1v) is 44.4. The van der Waals surface area contributed by atoms with Gasteiger partial charge in [0.2, 0.25) is 0 Å². The Labute approximate surface area is 607 Å². The maximum atomic E-state index is 13.1. The zero-order chi connectivity index (χ0) is 73.0. The highest BCUT2D eigenvalue weighted by atomic mass is 31.2. The zero-order valence-electron chi connectivity index (χ0n) is 65.0. The van der Waals surface area contributed by atoms with E-state index in [-0.39, 0.29) is 25.7 Å². The number of hydrogen-bond acceptors (Lipinski definition) is 15. The average molecular weight is 1450 g/mol. The summed E-state index contributed by atoms with van der Waals surface area (Å²) in [6, 6.07) is 0. The lowest BCUT2D eigenvalue weighted by molar-refractivity contribution is -0.161. The number of carbonyl (C=O) groups excluding carboxylic acids is 4. The van der Waals surface area contributed by atoms with Crippen LogP contribution in [0.4, 0.5) is 0 Å². The first-order valence-electron chi connectivity index (χ1n) is 41.4. The van der Waals surface area contributed by atoms with E-state index in [1.807, 2.05) is 0 Å². The number of aliphatic hydroxyl groups is 1. The first kappa shape index (κ1) is 97.1. The van der Waals surface area contributed by atoms with E-state index in [2.05, 4.69) is 48.5 Å². The number of phosphoric ester groups is 2. The molecule has 0 heterocycles. The summed E-state index contributed by atoms with van der Waals surface area (Å²) in [5.74, 6) is 0.319. The van der Waals surface area contributed by atoms with Gasteiger partial charge in [-0.05, 0) is 43.4 Å². The third-order valence-electron chi connectivity index (χ3n) is 19.4. The van der Waals surface area contributed by atoms with Gasteiger partial charge >= 0.3 is 39.5 Å². The van der Waals surface area contributed by atoms with Crippen LogP contribution in [0.1, 0.15) is 414 Å². The number of esters is 4. The monoisotopic (exact) mass is 1450 g/mol. The fourth-order valence-corrected chi connectivity index (χ4v) is 13.8. The van der Waals surface area contributed by atoms with Crippen molar-refractivity contribution in [3.63, 3.8) is 0 Å². The molecule has 0 aromatic carbocycles. The molecule has 0 spiro atoms. The molecular weight excluding hydrogens is 1290 g/mol. The van der Waals surface area contributed by atoms with Crippen molar-refractivity contribution in [3.05, 3.63) is 0 Å². The molecule has 0 aliphatic rings. The number of ether oxygens (including phenoxy) is 4. The van der Waals surface area contributed by atoms with Gasteiger partial charge in [-0.2, -0.15) is 0 Å². The fourth-order valence-electron chi connectivity index (χ4n) is 12.2. The van der Waals surface area contributed by atoms with Gasteiger partial charge in [0, 0.05) is 25.7 Å². The largest absolute Gasteiger partial charge is 0.472 e. The normalized spacial score (nSPS) is 14.5. The van der Waals surface area contributed by atoms with E-state index < -0.39 is 97.5 Å². The van der Waals surface area contributed by atoms with Crippen LogP contribution >= 0.6 is 15.6 Å². The van der Waals surface area contributed by atoms with Crippen LogP contribution in [-0.2, 0) is 65.4 Å². The highest BCUT2D eigenvalue weighted by Crippen LogP contribution is 2.45. The second-order valence-corrected chi connectivity index (χ2v) is 32.7. The van der Waals surface area contributed by atoms with Crippen LogP contribution in [0.15, 0.2) is 0 Å². The zero-order valence-corrected chi connectivity index (χ0v) is 66.8. The minimum absolute atomic E-state index is 0.106. The maximum absolute atomic E-state index is 13.1. The van der Waals surface area contributed by atoms with Gasteiger partial charge in [-0.1, -0.05) is 363 Å². The van der Waals surface area contributed by atoms with Crippen molar-refractivity contribution in [2.24, 2.45) is 17.8 Å². The van der Waals surface area contributed by atoms with Gasteiger partial charge in [0.1, 0.15) is 19.3 Å². The third-order valence-corrected chi connectivity index (χ3v) is 21.3. The van der Waals surface area contributed by atoms with E-state index in [9.17, 15) is 43.2 Å². The van der Waals surface area contributed by atoms with Gasteiger partial charge in [-0.3, -0.25) is 37.3 Å². The highest BCUT2D eigenvalue weighted by Gasteiger charge is 2.30. The van der Waals surface area contributed by atoms with E-state index in [0.717, 1.165) is 108 Å². The molecule has 0 aromatic rings. The van der Waals surface area contributed by atoms with Crippen LogP contribution in [0, 0.1) is 17.8 Å². The van der Waals surface area contributed by atoms with Gasteiger partial charge in [-0.15, -0.1) is 0 Å². The lowest BCUT2D eigenvalue weighted by atomic mass is 9.99. The Hall–Kier alpha value is -1.94. The number of aliphatic hydroxyl groups excluding tert-OH is 1. The van der Waals surface area contributed by atoms with Crippen molar-refractivity contribution >= 4 is 39.5 Å². The quantitative estimate of drug-likeness (QED) is 0.0222. The van der Waals surface area contributed by atoms with Crippen LogP contribution in [0.2, 0.25) is 0 Å². The molecule has 3 N–H and O–H groups in total. The van der Waals surface area contributed by atoms with E-state index >= 15 is 0 Å². The molecule has 0 aliphatic heterocycles. The standard InChI is InChI=1S/C80H156O17P2/c1-8-11-12-13-14-15-33-40-47-54-61-77(82)90-67-75(97-80(85)64-57-50-43-36-28-26-30-37-44-51-58-71(4)5)69-94-98(86,87)92-65-74(81)66-93-99(88,89)95-70-76(68-91-78(83)62-55-48-41-34-29-27-32-39-46-53-60-73(7)10-3)96-79(84)63-56-49-42-35-25-23-21-19-17-16-18-20-22-24-31-38-45-52-59-72(6)9-2/h71-76,81H,8-70H2,1-7H3,(H,86,87)(H,88,89)/t72?,73?,74-,75+,76+/m0/s1. The first-order chi connectivity index (χ1) is 47.8. The topological polar surface area (TPSA) is 237 Å². The summed E-state index contributed by atoms with van der Waals surface area (Å²) in [6.07, 6.45) is 58.2. The molecule has 0 saturated carbocycles. The summed E-state index contributed by atoms with van der Waals surface area (Å²) in [5.41, 5.74) is 0. The van der Waals surface area contributed by atoms with E-state index in [1.54, 1.807) is 0 Å². The lowest BCUT2D eigenvalue weighted by Gasteiger charge is -2.21. The predicted octanol–water partition coefficient (Wildman–Crippen LogP) is 23.7. The minimum atomic E-state index is -4.96. The summed E-state index contributed by atoms with van der Waals surface area (Å²) >= 11 is 0. The van der Waals surface area contributed by atoms with Gasteiger partial charge in [0.05, 0.1) is 26.4 Å². The van der Waals surface area contributed by atoms with E-state index in [0.29, 0.717) is 25.7 Å². The summed E-state index contributed by atoms with van der Waals surface area (Å²) in [5, 5.41) is 10.6. The lowest BCUT2D eigenvalue weighted by Crippen LogP contribution is -2.30. The van der Waals surface area contributed by atoms with Crippen molar-refractivity contribution in [2.45, 2.75) is 433 Å². The van der Waals surface area contributed by atoms with Crippen molar-refractivity contribution < 1.29 is 80.2 Å². The van der Waals surface area contributed by atoms with Crippen LogP contribution in [0.5, 0.6) is 0 Å². The van der Waals surface area contributed by atoms with Gasteiger partial charge in [0.25, 0.3) is 0 Å². The molecule has 4 unspecified atom stereocenters. The minimum Gasteiger partial charge on any atom is -0.462 e. The Bertz CT molecular complexity index is 1930. The number of rotatable bonds is 78. The fraction of sp³-hybridized carbons (Fsp3) is 0.950. The Morgan fingerprint density at radius 3 is 0.768 bits per heavy atom. The second-order valence-electron chi connectivity index (χ2n) is 29.8. The van der Waals surface area contributed by atoms with Gasteiger partial charge < -0.3 is 33.8 Å².